The van der Waals surface area contributed by atoms with Gasteiger partial charge in [0.05, 0.1) is 12.8 Å². The van der Waals surface area contributed by atoms with E-state index in [-0.39, 0.29) is 11.4 Å². The monoisotopic (exact) mass is 280 g/mol. The number of carboxylic acids is 1. The summed E-state index contributed by atoms with van der Waals surface area (Å²) in [5.74, 6) is -0.409. The molecule has 1 N–H and O–H groups in total. The Morgan fingerprint density at radius 1 is 1.60 bits per heavy atom. The van der Waals surface area contributed by atoms with E-state index in [1.165, 1.54) is 6.20 Å². The summed E-state index contributed by atoms with van der Waals surface area (Å²) in [5.41, 5.74) is -0.000966. The quantitative estimate of drug-likeness (QED) is 0.851. The standard InChI is InChI=1S/C13H20N4O3/c1-4-20-11-10(12(18)19)7-14-13(15-11)17-6-5-9(8-17)16(2)3/h7,9H,4-6,8H2,1-3H3,(H,18,19)/t9-/m1/s1. The number of hydrogen-bond acceptors (Lipinski definition) is 6. The van der Waals surface area contributed by atoms with Crippen molar-refractivity contribution in [1.82, 2.24) is 14.9 Å². The minimum Gasteiger partial charge on any atom is -0.477 e. The molecule has 2 rings (SSSR count). The number of likely N-dealkylation sites (N-methyl/N-ethyl adjacent to an activating group) is 1. The molecule has 1 aromatic heterocycles. The first kappa shape index (κ1) is 14.5. The number of aromatic carboxylic acids is 1. The van der Waals surface area contributed by atoms with E-state index in [0.717, 1.165) is 19.5 Å². The Kier molecular flexibility index (Phi) is 4.39. The van der Waals surface area contributed by atoms with Gasteiger partial charge in [-0.1, -0.05) is 0 Å². The average Bonchev–Trinajstić information content (AvgIpc) is 2.88. The van der Waals surface area contributed by atoms with Crippen LogP contribution in [0.2, 0.25) is 0 Å². The highest BCUT2D eigenvalue weighted by Gasteiger charge is 2.27. The predicted molar refractivity (Wildman–Crippen MR) is 74.5 cm³/mol. The van der Waals surface area contributed by atoms with Crippen LogP contribution in [0, 0.1) is 0 Å². The van der Waals surface area contributed by atoms with E-state index in [0.29, 0.717) is 18.6 Å². The second-order valence-corrected chi connectivity index (χ2v) is 4.98. The summed E-state index contributed by atoms with van der Waals surface area (Å²) in [4.78, 5) is 23.7. The van der Waals surface area contributed by atoms with Crippen LogP contribution in [-0.2, 0) is 0 Å². The van der Waals surface area contributed by atoms with Crippen LogP contribution in [0.5, 0.6) is 5.88 Å². The summed E-state index contributed by atoms with van der Waals surface area (Å²) in [7, 11) is 4.10. The van der Waals surface area contributed by atoms with E-state index in [4.69, 9.17) is 9.84 Å². The third-order valence-corrected chi connectivity index (χ3v) is 3.43. The van der Waals surface area contributed by atoms with Gasteiger partial charge in [-0.2, -0.15) is 4.98 Å². The normalized spacial score (nSPS) is 18.6. The number of carbonyl (C=O) groups is 1. The van der Waals surface area contributed by atoms with E-state index in [9.17, 15) is 4.79 Å². The molecule has 2 heterocycles. The second-order valence-electron chi connectivity index (χ2n) is 4.98. The van der Waals surface area contributed by atoms with Gasteiger partial charge in [0, 0.05) is 19.1 Å². The first-order chi connectivity index (χ1) is 9.52. The summed E-state index contributed by atoms with van der Waals surface area (Å²) >= 11 is 0. The second kappa shape index (κ2) is 6.04. The van der Waals surface area contributed by atoms with Crippen molar-refractivity contribution in [3.8, 4) is 5.88 Å². The van der Waals surface area contributed by atoms with Gasteiger partial charge < -0.3 is 19.6 Å². The third kappa shape index (κ3) is 2.98. The number of ether oxygens (including phenoxy) is 1. The first-order valence-electron chi connectivity index (χ1n) is 6.67. The molecule has 7 heteroatoms. The SMILES string of the molecule is CCOc1nc(N2CC[C@@H](N(C)C)C2)ncc1C(=O)O. The predicted octanol–water partition coefficient (Wildman–Crippen LogP) is 0.714. The van der Waals surface area contributed by atoms with Crippen LogP contribution in [0.3, 0.4) is 0 Å². The van der Waals surface area contributed by atoms with Gasteiger partial charge in [-0.3, -0.25) is 0 Å². The van der Waals surface area contributed by atoms with E-state index in [1.807, 2.05) is 14.1 Å². The van der Waals surface area contributed by atoms with Crippen LogP contribution in [0.1, 0.15) is 23.7 Å². The van der Waals surface area contributed by atoms with Crippen LogP contribution in [0.4, 0.5) is 5.95 Å². The Morgan fingerprint density at radius 2 is 2.35 bits per heavy atom. The molecule has 0 bridgehead atoms. The lowest BCUT2D eigenvalue weighted by Gasteiger charge is -2.20. The molecule has 0 spiro atoms. The van der Waals surface area contributed by atoms with Crippen LogP contribution in [-0.4, -0.2) is 65.8 Å². The molecule has 0 amide bonds. The van der Waals surface area contributed by atoms with Crippen molar-refractivity contribution in [2.24, 2.45) is 0 Å². The van der Waals surface area contributed by atoms with E-state index >= 15 is 0 Å². The molecule has 110 valence electrons. The van der Waals surface area contributed by atoms with Gasteiger partial charge in [0.25, 0.3) is 0 Å². The average molecular weight is 280 g/mol. The lowest BCUT2D eigenvalue weighted by atomic mass is 10.2. The summed E-state index contributed by atoms with van der Waals surface area (Å²) in [5, 5.41) is 9.08. The Hall–Kier alpha value is -1.89. The minimum absolute atomic E-state index is 0.000966. The molecule has 0 saturated carbocycles. The first-order valence-corrected chi connectivity index (χ1v) is 6.67. The maximum Gasteiger partial charge on any atom is 0.342 e. The van der Waals surface area contributed by atoms with E-state index in [1.54, 1.807) is 6.92 Å². The zero-order valence-electron chi connectivity index (χ0n) is 12.0. The van der Waals surface area contributed by atoms with Gasteiger partial charge in [-0.25, -0.2) is 9.78 Å². The molecule has 1 atom stereocenters. The zero-order valence-corrected chi connectivity index (χ0v) is 12.0. The Labute approximate surface area is 118 Å². The van der Waals surface area contributed by atoms with Gasteiger partial charge in [0.1, 0.15) is 5.56 Å². The van der Waals surface area contributed by atoms with Crippen LogP contribution in [0.15, 0.2) is 6.20 Å². The van der Waals surface area contributed by atoms with Gasteiger partial charge in [0.15, 0.2) is 0 Å². The van der Waals surface area contributed by atoms with Crippen molar-refractivity contribution in [2.75, 3.05) is 38.7 Å². The fourth-order valence-corrected chi connectivity index (χ4v) is 2.25. The zero-order chi connectivity index (χ0) is 14.7. The molecule has 0 radical (unpaired) electrons. The molecule has 7 nitrogen and oxygen atoms in total. The lowest BCUT2D eigenvalue weighted by Crippen LogP contribution is -2.32. The van der Waals surface area contributed by atoms with Crippen molar-refractivity contribution in [2.45, 2.75) is 19.4 Å². The maximum absolute atomic E-state index is 11.1. The van der Waals surface area contributed by atoms with Crippen LogP contribution >= 0.6 is 0 Å². The topological polar surface area (TPSA) is 78.8 Å². The van der Waals surface area contributed by atoms with E-state index < -0.39 is 5.97 Å². The molecular weight excluding hydrogens is 260 g/mol. The molecular formula is C13H20N4O3. The molecule has 0 aliphatic carbocycles. The maximum atomic E-state index is 11.1. The molecule has 1 fully saturated rings. The Bertz CT molecular complexity index is 493. The molecule has 20 heavy (non-hydrogen) atoms. The minimum atomic E-state index is -1.08. The number of carboxylic acid groups (broad SMARTS) is 1. The molecule has 1 saturated heterocycles. The molecule has 1 aromatic rings. The largest absolute Gasteiger partial charge is 0.477 e. The third-order valence-electron chi connectivity index (χ3n) is 3.43. The number of anilines is 1. The number of aromatic nitrogens is 2. The van der Waals surface area contributed by atoms with Crippen molar-refractivity contribution in [3.05, 3.63) is 11.8 Å². The van der Waals surface area contributed by atoms with Gasteiger partial charge in [-0.15, -0.1) is 0 Å². The van der Waals surface area contributed by atoms with Gasteiger partial charge >= 0.3 is 5.97 Å². The van der Waals surface area contributed by atoms with Crippen molar-refractivity contribution in [3.63, 3.8) is 0 Å². The fourth-order valence-electron chi connectivity index (χ4n) is 2.25. The summed E-state index contributed by atoms with van der Waals surface area (Å²) in [6.07, 6.45) is 2.36. The van der Waals surface area contributed by atoms with Crippen molar-refractivity contribution >= 4 is 11.9 Å². The number of rotatable bonds is 5. The van der Waals surface area contributed by atoms with Crippen LogP contribution in [0.25, 0.3) is 0 Å². The fraction of sp³-hybridized carbons (Fsp3) is 0.615. The van der Waals surface area contributed by atoms with Gasteiger partial charge in [0.2, 0.25) is 11.8 Å². The smallest absolute Gasteiger partial charge is 0.342 e. The van der Waals surface area contributed by atoms with Crippen molar-refractivity contribution in [1.29, 1.82) is 0 Å². The molecule has 0 aromatic carbocycles. The highest BCUT2D eigenvalue weighted by Crippen LogP contribution is 2.23. The number of nitrogens with zero attached hydrogens (tertiary/aromatic N) is 4. The molecule has 0 unspecified atom stereocenters. The van der Waals surface area contributed by atoms with Gasteiger partial charge in [-0.05, 0) is 27.4 Å². The van der Waals surface area contributed by atoms with Crippen molar-refractivity contribution < 1.29 is 14.6 Å². The van der Waals surface area contributed by atoms with E-state index in [2.05, 4.69) is 19.8 Å². The Morgan fingerprint density at radius 3 is 2.90 bits per heavy atom. The van der Waals surface area contributed by atoms with Crippen LogP contribution < -0.4 is 9.64 Å². The summed E-state index contributed by atoms with van der Waals surface area (Å²) in [6.45, 7) is 3.87. The summed E-state index contributed by atoms with van der Waals surface area (Å²) in [6, 6.07) is 0.466. The highest BCUT2D eigenvalue weighted by molar-refractivity contribution is 5.89. The molecule has 1 aliphatic heterocycles. The summed E-state index contributed by atoms with van der Waals surface area (Å²) < 4.78 is 5.30. The lowest BCUT2D eigenvalue weighted by molar-refractivity contribution is 0.0691. The number of hydrogen-bond donors (Lipinski definition) is 1. The highest BCUT2D eigenvalue weighted by atomic mass is 16.5. The molecule has 1 aliphatic rings. The Balaban J connectivity index is 2.21.